The zero-order chi connectivity index (χ0) is 37.9. The highest BCUT2D eigenvalue weighted by Gasteiger charge is 2.24. The molecule has 0 fully saturated rings. The van der Waals surface area contributed by atoms with Crippen LogP contribution in [-0.2, 0) is 9.59 Å². The lowest BCUT2D eigenvalue weighted by atomic mass is 9.85. The Morgan fingerprint density at radius 3 is 1.13 bits per heavy atom. The Bertz CT molecular complexity index is 2070. The van der Waals surface area contributed by atoms with E-state index in [0.717, 1.165) is 104 Å². The van der Waals surface area contributed by atoms with Crippen molar-refractivity contribution >= 4 is 55.0 Å². The Morgan fingerprint density at radius 1 is 0.407 bits per heavy atom. The Hall–Kier alpha value is -4.70. The van der Waals surface area contributed by atoms with Crippen molar-refractivity contribution in [2.75, 3.05) is 0 Å². The van der Waals surface area contributed by atoms with Gasteiger partial charge in [0.2, 0.25) is 0 Å². The van der Waals surface area contributed by atoms with Gasteiger partial charge in [-0.2, -0.15) is 0 Å². The highest BCUT2D eigenvalue weighted by molar-refractivity contribution is 6.27. The molecule has 6 rings (SSSR count). The van der Waals surface area contributed by atoms with E-state index in [0.29, 0.717) is 24.3 Å². The third-order valence-corrected chi connectivity index (χ3v) is 10.9. The average molecular weight is 723 g/mol. The summed E-state index contributed by atoms with van der Waals surface area (Å²) >= 11 is 0. The lowest BCUT2D eigenvalue weighted by Crippen LogP contribution is -2.09. The first-order valence-electron chi connectivity index (χ1n) is 20.7. The van der Waals surface area contributed by atoms with Gasteiger partial charge in [-0.3, -0.25) is 9.59 Å². The molecule has 0 aliphatic rings. The summed E-state index contributed by atoms with van der Waals surface area (Å²) < 4.78 is 12.7. The summed E-state index contributed by atoms with van der Waals surface area (Å²) in [4.78, 5) is 26.9. The summed E-state index contributed by atoms with van der Waals surface area (Å²) in [7, 11) is 0. The predicted octanol–water partition coefficient (Wildman–Crippen LogP) is 14.7. The average Bonchev–Trinajstić information content (AvgIpc) is 3.18. The van der Waals surface area contributed by atoms with Gasteiger partial charge in [-0.05, 0) is 71.5 Å². The van der Waals surface area contributed by atoms with Gasteiger partial charge in [0.15, 0.2) is 0 Å². The normalized spacial score (nSPS) is 11.6. The molecule has 0 radical (unpaired) electrons. The van der Waals surface area contributed by atoms with Crippen molar-refractivity contribution in [3.05, 3.63) is 96.1 Å². The summed E-state index contributed by atoms with van der Waals surface area (Å²) in [6, 6.07) is 29.5. The van der Waals surface area contributed by atoms with Gasteiger partial charge in [-0.1, -0.05) is 175 Å². The number of carbonyl (C=O) groups excluding carboxylic acids is 2. The Kier molecular flexibility index (Phi) is 13.8. The molecule has 0 unspecified atom stereocenters. The van der Waals surface area contributed by atoms with Gasteiger partial charge in [0.05, 0.1) is 0 Å². The Labute approximate surface area is 322 Å². The first kappa shape index (κ1) is 39.0. The van der Waals surface area contributed by atoms with E-state index < -0.39 is 0 Å². The number of fused-ring (bicyclic) bond motifs is 4. The maximum absolute atomic E-state index is 13.5. The van der Waals surface area contributed by atoms with Crippen molar-refractivity contribution in [3.8, 4) is 22.6 Å². The summed E-state index contributed by atoms with van der Waals surface area (Å²) in [6.45, 7) is 8.63. The highest BCUT2D eigenvalue weighted by atomic mass is 16.5. The lowest BCUT2D eigenvalue weighted by molar-refractivity contribution is -0.135. The topological polar surface area (TPSA) is 52.6 Å². The van der Waals surface area contributed by atoms with Crippen LogP contribution in [0.15, 0.2) is 84.9 Å². The fraction of sp³-hybridized carbons (Fsp3) is 0.400. The van der Waals surface area contributed by atoms with Crippen LogP contribution < -0.4 is 9.47 Å². The molecule has 0 saturated carbocycles. The molecule has 0 saturated heterocycles. The van der Waals surface area contributed by atoms with Crippen LogP contribution in [-0.4, -0.2) is 11.9 Å². The number of esters is 2. The van der Waals surface area contributed by atoms with E-state index in [4.69, 9.17) is 9.47 Å². The fourth-order valence-corrected chi connectivity index (χ4v) is 8.05. The van der Waals surface area contributed by atoms with Crippen molar-refractivity contribution in [2.45, 2.75) is 130 Å². The van der Waals surface area contributed by atoms with Crippen LogP contribution in [0, 0.1) is 13.8 Å². The van der Waals surface area contributed by atoms with Gasteiger partial charge >= 0.3 is 11.9 Å². The van der Waals surface area contributed by atoms with Gasteiger partial charge in [0.25, 0.3) is 0 Å². The molecular formula is C50H58O4. The molecular weight excluding hydrogens is 665 g/mol. The number of hydrogen-bond acceptors (Lipinski definition) is 4. The number of carbonyl (C=O) groups is 2. The van der Waals surface area contributed by atoms with E-state index in [-0.39, 0.29) is 11.9 Å². The molecule has 6 aromatic rings. The molecule has 6 aromatic carbocycles. The second-order valence-electron chi connectivity index (χ2n) is 15.3. The van der Waals surface area contributed by atoms with Crippen LogP contribution in [0.5, 0.6) is 11.5 Å². The van der Waals surface area contributed by atoms with E-state index in [1.165, 1.54) is 51.4 Å². The lowest BCUT2D eigenvalue weighted by Gasteiger charge is -2.22. The van der Waals surface area contributed by atoms with Crippen LogP contribution in [0.1, 0.15) is 128 Å². The highest BCUT2D eigenvalue weighted by Crippen LogP contribution is 2.50. The SMILES string of the molecule is CCCCCCCCCC(=O)Oc1c2ccccc2c(-c2c3ccccc3c(OC(=O)CCCCCCCCC)c3cc(C)ccc23)c2ccc(C)cc12. The summed E-state index contributed by atoms with van der Waals surface area (Å²) in [5.41, 5.74) is 4.36. The molecule has 0 aliphatic carbocycles. The number of rotatable bonds is 19. The second kappa shape index (κ2) is 19.1. The standard InChI is InChI=1S/C50H58O4/c1-5-7-9-11-13-15-17-27-45(51)53-49-41-25-21-19-23-37(41)47(39-31-29-35(3)33-43(39)49)48-38-24-20-22-26-42(38)50(44-34-36(4)30-32-40(44)48)54-46(52)28-18-16-14-12-10-8-6-2/h19-26,29-34H,5-18,27-28H2,1-4H3. The summed E-state index contributed by atoms with van der Waals surface area (Å²) in [5, 5.41) is 7.74. The van der Waals surface area contributed by atoms with Gasteiger partial charge in [-0.15, -0.1) is 0 Å². The van der Waals surface area contributed by atoms with Gasteiger partial charge in [-0.25, -0.2) is 0 Å². The molecule has 0 aliphatic heterocycles. The molecule has 4 nitrogen and oxygen atoms in total. The van der Waals surface area contributed by atoms with E-state index in [1.807, 2.05) is 12.1 Å². The largest absolute Gasteiger partial charge is 0.425 e. The molecule has 4 heteroatoms. The second-order valence-corrected chi connectivity index (χ2v) is 15.3. The van der Waals surface area contributed by atoms with E-state index in [9.17, 15) is 9.59 Å². The third-order valence-electron chi connectivity index (χ3n) is 10.9. The van der Waals surface area contributed by atoms with Gasteiger partial charge in [0.1, 0.15) is 11.5 Å². The first-order chi connectivity index (χ1) is 26.4. The van der Waals surface area contributed by atoms with Crippen LogP contribution in [0.4, 0.5) is 0 Å². The van der Waals surface area contributed by atoms with Crippen LogP contribution in [0.25, 0.3) is 54.2 Å². The molecule has 0 atom stereocenters. The van der Waals surface area contributed by atoms with Crippen molar-refractivity contribution in [3.63, 3.8) is 0 Å². The smallest absolute Gasteiger partial charge is 0.311 e. The maximum atomic E-state index is 13.5. The number of hydrogen-bond donors (Lipinski definition) is 0. The molecule has 0 N–H and O–H groups in total. The summed E-state index contributed by atoms with van der Waals surface area (Å²) in [5.74, 6) is 0.888. The van der Waals surface area contributed by atoms with E-state index in [1.54, 1.807) is 0 Å². The minimum absolute atomic E-state index is 0.182. The molecule has 0 amide bonds. The molecule has 282 valence electrons. The zero-order valence-electron chi connectivity index (χ0n) is 33.0. The molecule has 0 spiro atoms. The van der Waals surface area contributed by atoms with Gasteiger partial charge in [0, 0.05) is 34.4 Å². The minimum Gasteiger partial charge on any atom is -0.425 e. The third kappa shape index (κ3) is 9.14. The van der Waals surface area contributed by atoms with Crippen LogP contribution in [0.2, 0.25) is 0 Å². The van der Waals surface area contributed by atoms with Crippen LogP contribution >= 0.6 is 0 Å². The van der Waals surface area contributed by atoms with Crippen molar-refractivity contribution in [2.24, 2.45) is 0 Å². The Morgan fingerprint density at radius 2 is 0.741 bits per heavy atom. The van der Waals surface area contributed by atoms with Crippen LogP contribution in [0.3, 0.4) is 0 Å². The summed E-state index contributed by atoms with van der Waals surface area (Å²) in [6.07, 6.45) is 16.9. The number of benzene rings is 6. The number of ether oxygens (including phenoxy) is 2. The first-order valence-corrected chi connectivity index (χ1v) is 20.7. The number of aryl methyl sites for hydroxylation is 2. The molecule has 0 bridgehead atoms. The van der Waals surface area contributed by atoms with Crippen molar-refractivity contribution < 1.29 is 19.1 Å². The van der Waals surface area contributed by atoms with E-state index >= 15 is 0 Å². The maximum Gasteiger partial charge on any atom is 0.311 e. The van der Waals surface area contributed by atoms with Gasteiger partial charge < -0.3 is 9.47 Å². The van der Waals surface area contributed by atoms with Crippen molar-refractivity contribution in [1.82, 2.24) is 0 Å². The predicted molar refractivity (Wildman–Crippen MR) is 228 cm³/mol. The van der Waals surface area contributed by atoms with E-state index in [2.05, 4.69) is 100 Å². The Balaban J connectivity index is 1.42. The van der Waals surface area contributed by atoms with Crippen molar-refractivity contribution in [1.29, 1.82) is 0 Å². The molecule has 54 heavy (non-hydrogen) atoms. The molecule has 0 heterocycles. The monoisotopic (exact) mass is 722 g/mol. The number of unbranched alkanes of at least 4 members (excludes halogenated alkanes) is 12. The minimum atomic E-state index is -0.182. The quantitative estimate of drug-likeness (QED) is 0.0361. The molecule has 0 aromatic heterocycles. The zero-order valence-corrected chi connectivity index (χ0v) is 33.0. The fourth-order valence-electron chi connectivity index (χ4n) is 8.05.